The van der Waals surface area contributed by atoms with Crippen LogP contribution in [0.25, 0.3) is 10.2 Å². The fraction of sp³-hybridized carbons (Fsp3) is 0.176. The summed E-state index contributed by atoms with van der Waals surface area (Å²) in [5, 5.41) is 3.04. The van der Waals surface area contributed by atoms with Gasteiger partial charge in [0.25, 0.3) is 10.0 Å². The molecule has 1 heterocycles. The van der Waals surface area contributed by atoms with Crippen LogP contribution in [-0.2, 0) is 14.8 Å². The van der Waals surface area contributed by atoms with E-state index in [2.05, 4.69) is 15.0 Å². The van der Waals surface area contributed by atoms with Crippen LogP contribution in [0.2, 0.25) is 0 Å². The number of aryl methyl sites for hydroxylation is 1. The molecule has 1 aromatic heterocycles. The molecule has 9 heteroatoms. The van der Waals surface area contributed by atoms with E-state index in [0.717, 1.165) is 5.56 Å². The summed E-state index contributed by atoms with van der Waals surface area (Å²) in [4.78, 5) is 15.7. The Bertz CT molecular complexity index is 1070. The van der Waals surface area contributed by atoms with E-state index in [0.29, 0.717) is 26.8 Å². The van der Waals surface area contributed by atoms with Gasteiger partial charge in [-0.2, -0.15) is 0 Å². The summed E-state index contributed by atoms with van der Waals surface area (Å²) in [6.45, 7) is 3.28. The number of benzene rings is 2. The number of carbonyl (C=O) groups excluding carboxylic acids is 1. The molecule has 0 fully saturated rings. The first kappa shape index (κ1) is 18.2. The smallest absolute Gasteiger partial charge is 0.261 e. The van der Waals surface area contributed by atoms with Crippen LogP contribution >= 0.6 is 11.3 Å². The number of carbonyl (C=O) groups is 1. The molecule has 1 amide bonds. The molecule has 136 valence electrons. The standard InChI is InChI=1S/C17H17N3O4S2/c1-10-4-6-13(7-5-10)26(22,23)20-12-8-14(24-3)16-15(9-12)25-17(19-16)18-11(2)21/h4-9,20H,1-3H3,(H,18,19,21). The van der Waals surface area contributed by atoms with Crippen molar-refractivity contribution in [2.45, 2.75) is 18.7 Å². The van der Waals surface area contributed by atoms with Gasteiger partial charge in [0.2, 0.25) is 5.91 Å². The normalized spacial score (nSPS) is 11.3. The number of hydrogen-bond acceptors (Lipinski definition) is 6. The zero-order chi connectivity index (χ0) is 18.9. The number of nitrogens with zero attached hydrogens (tertiary/aromatic N) is 1. The van der Waals surface area contributed by atoms with Gasteiger partial charge in [-0.05, 0) is 25.1 Å². The second kappa shape index (κ2) is 6.93. The molecule has 0 radical (unpaired) electrons. The van der Waals surface area contributed by atoms with E-state index in [1.165, 1.54) is 25.4 Å². The van der Waals surface area contributed by atoms with E-state index in [1.54, 1.807) is 36.4 Å². The van der Waals surface area contributed by atoms with Gasteiger partial charge in [0, 0.05) is 13.0 Å². The molecule has 0 bridgehead atoms. The highest BCUT2D eigenvalue weighted by Gasteiger charge is 2.17. The largest absolute Gasteiger partial charge is 0.494 e. The van der Waals surface area contributed by atoms with Crippen LogP contribution in [0.15, 0.2) is 41.3 Å². The third kappa shape index (κ3) is 3.78. The third-order valence-corrected chi connectivity index (χ3v) is 5.86. The quantitative estimate of drug-likeness (QED) is 0.695. The molecule has 26 heavy (non-hydrogen) atoms. The van der Waals surface area contributed by atoms with Crippen LogP contribution < -0.4 is 14.8 Å². The van der Waals surface area contributed by atoms with Crippen molar-refractivity contribution in [1.82, 2.24) is 4.98 Å². The SMILES string of the molecule is COc1cc(NS(=O)(=O)c2ccc(C)cc2)cc2sc(NC(C)=O)nc12. The average molecular weight is 391 g/mol. The number of fused-ring (bicyclic) bond motifs is 1. The Morgan fingerprint density at radius 2 is 1.88 bits per heavy atom. The van der Waals surface area contributed by atoms with Crippen molar-refractivity contribution in [2.75, 3.05) is 17.1 Å². The fourth-order valence-electron chi connectivity index (χ4n) is 2.35. The number of sulfonamides is 1. The van der Waals surface area contributed by atoms with Gasteiger partial charge in [-0.15, -0.1) is 0 Å². The highest BCUT2D eigenvalue weighted by atomic mass is 32.2. The van der Waals surface area contributed by atoms with Crippen LogP contribution in [0.5, 0.6) is 5.75 Å². The molecular weight excluding hydrogens is 374 g/mol. The van der Waals surface area contributed by atoms with Gasteiger partial charge >= 0.3 is 0 Å². The van der Waals surface area contributed by atoms with E-state index in [9.17, 15) is 13.2 Å². The van der Waals surface area contributed by atoms with E-state index in [1.807, 2.05) is 6.92 Å². The summed E-state index contributed by atoms with van der Waals surface area (Å²) in [5.74, 6) is 0.181. The Balaban J connectivity index is 1.99. The number of aromatic nitrogens is 1. The topological polar surface area (TPSA) is 97.4 Å². The van der Waals surface area contributed by atoms with Crippen molar-refractivity contribution in [3.63, 3.8) is 0 Å². The van der Waals surface area contributed by atoms with Crippen molar-refractivity contribution in [2.24, 2.45) is 0 Å². The van der Waals surface area contributed by atoms with Crippen molar-refractivity contribution in [1.29, 1.82) is 0 Å². The van der Waals surface area contributed by atoms with Crippen LogP contribution in [0, 0.1) is 6.92 Å². The molecule has 3 aromatic rings. The van der Waals surface area contributed by atoms with E-state index in [4.69, 9.17) is 4.74 Å². The van der Waals surface area contributed by atoms with E-state index >= 15 is 0 Å². The highest BCUT2D eigenvalue weighted by molar-refractivity contribution is 7.92. The molecule has 0 atom stereocenters. The Hall–Kier alpha value is -2.65. The first-order valence-corrected chi connectivity index (χ1v) is 9.94. The Morgan fingerprint density at radius 1 is 1.19 bits per heavy atom. The van der Waals surface area contributed by atoms with Crippen molar-refractivity contribution < 1.29 is 17.9 Å². The minimum absolute atomic E-state index is 0.172. The first-order valence-electron chi connectivity index (χ1n) is 7.64. The Labute approximate surface area is 155 Å². The number of anilines is 2. The minimum atomic E-state index is -3.73. The molecule has 2 aromatic carbocycles. The first-order chi connectivity index (χ1) is 12.3. The predicted molar refractivity (Wildman–Crippen MR) is 102 cm³/mol. The van der Waals surface area contributed by atoms with Crippen LogP contribution in [-0.4, -0.2) is 26.4 Å². The molecule has 0 unspecified atom stereocenters. The lowest BCUT2D eigenvalue weighted by Gasteiger charge is -2.10. The van der Waals surface area contributed by atoms with Crippen molar-refractivity contribution in [3.8, 4) is 5.75 Å². The maximum absolute atomic E-state index is 12.6. The molecule has 0 aliphatic heterocycles. The number of amides is 1. The summed E-state index contributed by atoms with van der Waals surface area (Å²) in [6.07, 6.45) is 0. The second-order valence-corrected chi connectivity index (χ2v) is 8.36. The molecule has 0 saturated heterocycles. The summed E-state index contributed by atoms with van der Waals surface area (Å²) in [6, 6.07) is 9.80. The summed E-state index contributed by atoms with van der Waals surface area (Å²) < 4.78 is 33.7. The summed E-state index contributed by atoms with van der Waals surface area (Å²) >= 11 is 1.24. The number of thiazole rings is 1. The second-order valence-electron chi connectivity index (χ2n) is 5.64. The van der Waals surface area contributed by atoms with Crippen LogP contribution in [0.3, 0.4) is 0 Å². The van der Waals surface area contributed by atoms with Crippen LogP contribution in [0.4, 0.5) is 10.8 Å². The molecule has 0 aliphatic rings. The fourth-order valence-corrected chi connectivity index (χ4v) is 4.36. The monoisotopic (exact) mass is 391 g/mol. The Morgan fingerprint density at radius 3 is 2.50 bits per heavy atom. The molecule has 3 rings (SSSR count). The summed E-state index contributed by atoms with van der Waals surface area (Å²) in [7, 11) is -2.25. The maximum atomic E-state index is 12.6. The van der Waals surface area contributed by atoms with Gasteiger partial charge in [0.05, 0.1) is 22.4 Å². The predicted octanol–water partition coefficient (Wildman–Crippen LogP) is 3.37. The highest BCUT2D eigenvalue weighted by Crippen LogP contribution is 2.36. The maximum Gasteiger partial charge on any atom is 0.261 e. The van der Waals surface area contributed by atoms with Gasteiger partial charge in [-0.25, -0.2) is 13.4 Å². The lowest BCUT2D eigenvalue weighted by molar-refractivity contribution is -0.114. The zero-order valence-corrected chi connectivity index (χ0v) is 16.0. The van der Waals surface area contributed by atoms with Gasteiger partial charge in [0.15, 0.2) is 5.13 Å². The number of nitrogens with one attached hydrogen (secondary N) is 2. The average Bonchev–Trinajstić information content (AvgIpc) is 2.95. The third-order valence-electron chi connectivity index (χ3n) is 3.55. The molecule has 7 nitrogen and oxygen atoms in total. The number of ether oxygens (including phenoxy) is 1. The lowest BCUT2D eigenvalue weighted by Crippen LogP contribution is -2.12. The molecule has 2 N–H and O–H groups in total. The van der Waals surface area contributed by atoms with Gasteiger partial charge in [-0.1, -0.05) is 29.0 Å². The van der Waals surface area contributed by atoms with E-state index < -0.39 is 10.0 Å². The number of rotatable bonds is 5. The Kier molecular flexibility index (Phi) is 4.84. The summed E-state index contributed by atoms with van der Waals surface area (Å²) in [5.41, 5.74) is 1.88. The molecule has 0 aliphatic carbocycles. The van der Waals surface area contributed by atoms with Gasteiger partial charge < -0.3 is 10.1 Å². The zero-order valence-electron chi connectivity index (χ0n) is 14.4. The number of hydrogen-bond donors (Lipinski definition) is 2. The number of methoxy groups -OCH3 is 1. The van der Waals surface area contributed by atoms with Crippen molar-refractivity contribution in [3.05, 3.63) is 42.0 Å². The van der Waals surface area contributed by atoms with Gasteiger partial charge in [-0.3, -0.25) is 9.52 Å². The lowest BCUT2D eigenvalue weighted by atomic mass is 10.2. The van der Waals surface area contributed by atoms with Crippen molar-refractivity contribution >= 4 is 48.3 Å². The minimum Gasteiger partial charge on any atom is -0.494 e. The van der Waals surface area contributed by atoms with Gasteiger partial charge in [0.1, 0.15) is 11.3 Å². The molecule has 0 saturated carbocycles. The van der Waals surface area contributed by atoms with E-state index in [-0.39, 0.29) is 10.8 Å². The molecule has 0 spiro atoms. The van der Waals surface area contributed by atoms with Crippen LogP contribution in [0.1, 0.15) is 12.5 Å². The molecular formula is C17H17N3O4S2.